The third-order valence-corrected chi connectivity index (χ3v) is 5.77. The molecule has 2 rings (SSSR count). The van der Waals surface area contributed by atoms with Crippen LogP contribution in [0.3, 0.4) is 0 Å². The first-order valence-corrected chi connectivity index (χ1v) is 10.9. The highest BCUT2D eigenvalue weighted by Crippen LogP contribution is 2.29. The Morgan fingerprint density at radius 2 is 1.61 bits per heavy atom. The number of sulfonamides is 1. The largest absolute Gasteiger partial charge is 0.461 e. The molecular weight excluding hydrogens is 433 g/mol. The van der Waals surface area contributed by atoms with Crippen molar-refractivity contribution in [1.82, 2.24) is 4.72 Å². The van der Waals surface area contributed by atoms with Crippen molar-refractivity contribution >= 4 is 16.0 Å². The van der Waals surface area contributed by atoms with Gasteiger partial charge >= 0.3 is 12.1 Å². The molecule has 0 aromatic heterocycles. The maximum atomic E-state index is 12.7. The fraction of sp³-hybridized carbons (Fsp3) is 0.381. The third kappa shape index (κ3) is 8.31. The normalized spacial score (nSPS) is 13.6. The van der Waals surface area contributed by atoms with Crippen LogP contribution >= 0.6 is 0 Å². The number of nitrogens with one attached hydrogen (secondary N) is 1. The number of ether oxygens (including phenoxy) is 1. The van der Waals surface area contributed by atoms with Crippen LogP contribution in [0.5, 0.6) is 0 Å². The Labute approximate surface area is 180 Å². The zero-order chi connectivity index (χ0) is 23.3. The number of carbonyl (C=O) groups excluding carboxylic acids is 1. The molecule has 0 heterocycles. The summed E-state index contributed by atoms with van der Waals surface area (Å²) in [5.74, 6) is -0.586. The van der Waals surface area contributed by atoms with Gasteiger partial charge in [0.2, 0.25) is 10.0 Å². The van der Waals surface area contributed by atoms with E-state index in [0.29, 0.717) is 16.6 Å². The summed E-state index contributed by atoms with van der Waals surface area (Å²) in [5.41, 5.74) is -0.150. The van der Waals surface area contributed by atoms with Gasteiger partial charge in [0.15, 0.2) is 0 Å². The van der Waals surface area contributed by atoms with Crippen molar-refractivity contribution in [2.45, 2.75) is 30.1 Å². The zero-order valence-corrected chi connectivity index (χ0v) is 18.3. The molecule has 2 aromatic rings. The minimum Gasteiger partial charge on any atom is -0.461 e. The first kappa shape index (κ1) is 24.8. The molecule has 2 aromatic carbocycles. The van der Waals surface area contributed by atoms with E-state index in [1.807, 2.05) is 27.2 Å². The van der Waals surface area contributed by atoms with Crippen LogP contribution in [0.4, 0.5) is 13.2 Å². The lowest BCUT2D eigenvalue weighted by molar-refractivity contribution is -0.871. The predicted octanol–water partition coefficient (Wildman–Crippen LogP) is 3.19. The van der Waals surface area contributed by atoms with Gasteiger partial charge in [-0.2, -0.15) is 13.2 Å². The monoisotopic (exact) mass is 459 g/mol. The summed E-state index contributed by atoms with van der Waals surface area (Å²) in [4.78, 5) is 12.0. The molecule has 0 fully saturated rings. The van der Waals surface area contributed by atoms with Crippen LogP contribution in [0.1, 0.15) is 17.5 Å². The van der Waals surface area contributed by atoms with Crippen molar-refractivity contribution in [1.29, 1.82) is 0 Å². The van der Waals surface area contributed by atoms with Gasteiger partial charge in [0.05, 0.1) is 50.6 Å². The van der Waals surface area contributed by atoms with Gasteiger partial charge in [-0.1, -0.05) is 30.3 Å². The fourth-order valence-corrected chi connectivity index (χ4v) is 4.14. The maximum Gasteiger partial charge on any atom is 0.416 e. The summed E-state index contributed by atoms with van der Waals surface area (Å²) in [6, 6.07) is 11.4. The number of carbonyl (C=O) groups is 1. The first-order valence-electron chi connectivity index (χ1n) is 9.46. The molecule has 0 bridgehead atoms. The molecule has 10 heteroatoms. The minimum absolute atomic E-state index is 0.0580. The molecular formula is C21H26F3N2O4S+. The number of rotatable bonds is 9. The highest BCUT2D eigenvalue weighted by Gasteiger charge is 2.32. The predicted molar refractivity (Wildman–Crippen MR) is 109 cm³/mol. The Balaban J connectivity index is 2.10. The molecule has 0 spiro atoms. The number of hydrogen-bond donors (Lipinski definition) is 1. The SMILES string of the molecule is C[N+](C)(C)C[C@@H](CC(=O)OCc1ccccc1)NS(=O)(=O)c1ccc(C(F)(F)F)cc1. The van der Waals surface area contributed by atoms with E-state index in [2.05, 4.69) is 4.72 Å². The number of hydrogen-bond acceptors (Lipinski definition) is 4. The average Bonchev–Trinajstić information content (AvgIpc) is 2.65. The maximum absolute atomic E-state index is 12.7. The van der Waals surface area contributed by atoms with Gasteiger partial charge in [0, 0.05) is 0 Å². The van der Waals surface area contributed by atoms with E-state index >= 15 is 0 Å². The van der Waals surface area contributed by atoms with Crippen LogP contribution in [-0.2, 0) is 32.3 Å². The summed E-state index contributed by atoms with van der Waals surface area (Å²) < 4.78 is 71.6. The fourth-order valence-electron chi connectivity index (χ4n) is 2.91. The molecule has 0 radical (unpaired) electrons. The van der Waals surface area contributed by atoms with Crippen LogP contribution < -0.4 is 4.72 Å². The lowest BCUT2D eigenvalue weighted by Crippen LogP contribution is -2.49. The van der Waals surface area contributed by atoms with E-state index in [-0.39, 0.29) is 24.5 Å². The van der Waals surface area contributed by atoms with E-state index in [9.17, 15) is 26.4 Å². The van der Waals surface area contributed by atoms with E-state index in [0.717, 1.165) is 17.7 Å². The van der Waals surface area contributed by atoms with Crippen molar-refractivity contribution in [3.05, 3.63) is 65.7 Å². The highest BCUT2D eigenvalue weighted by molar-refractivity contribution is 7.89. The molecule has 31 heavy (non-hydrogen) atoms. The standard InChI is InChI=1S/C21H26F3N2O4S/c1-26(2,3)14-18(13-20(27)30-15-16-7-5-4-6-8-16)25-31(28,29)19-11-9-17(10-12-19)21(22,23)24/h4-12,18,25H,13-15H2,1-3H3/q+1/t18-/m1/s1. The van der Waals surface area contributed by atoms with E-state index in [1.165, 1.54) is 0 Å². The second-order valence-corrected chi connectivity index (χ2v) is 9.88. The number of halogens is 3. The molecule has 1 atom stereocenters. The second-order valence-electron chi connectivity index (χ2n) is 8.16. The van der Waals surface area contributed by atoms with Crippen molar-refractivity contribution < 1.29 is 35.6 Å². The number of nitrogens with zero attached hydrogens (tertiary/aromatic N) is 1. The third-order valence-electron chi connectivity index (χ3n) is 4.24. The van der Waals surface area contributed by atoms with Gasteiger partial charge < -0.3 is 9.22 Å². The van der Waals surface area contributed by atoms with Crippen LogP contribution in [0, 0.1) is 0 Å². The molecule has 0 unspecified atom stereocenters. The molecule has 0 aliphatic rings. The van der Waals surface area contributed by atoms with Crippen molar-refractivity contribution in [3.63, 3.8) is 0 Å². The Morgan fingerprint density at radius 1 is 1.03 bits per heavy atom. The van der Waals surface area contributed by atoms with Crippen molar-refractivity contribution in [3.8, 4) is 0 Å². The Morgan fingerprint density at radius 3 is 2.13 bits per heavy atom. The van der Waals surface area contributed by atoms with Crippen molar-refractivity contribution in [2.24, 2.45) is 0 Å². The Hall–Kier alpha value is -2.43. The molecule has 0 saturated carbocycles. The number of benzene rings is 2. The smallest absolute Gasteiger partial charge is 0.416 e. The molecule has 0 aliphatic heterocycles. The summed E-state index contributed by atoms with van der Waals surface area (Å²) in [7, 11) is 1.34. The number of likely N-dealkylation sites (N-methyl/N-ethyl adjacent to an activating group) is 1. The molecule has 170 valence electrons. The number of quaternary nitrogens is 1. The summed E-state index contributed by atoms with van der Waals surface area (Å²) in [5, 5.41) is 0. The molecule has 1 N–H and O–H groups in total. The molecule has 0 aliphatic carbocycles. The van der Waals surface area contributed by atoms with Gasteiger partial charge in [-0.25, -0.2) is 13.1 Å². The van der Waals surface area contributed by atoms with E-state index in [4.69, 9.17) is 4.74 Å². The lowest BCUT2D eigenvalue weighted by Gasteiger charge is -2.29. The second kappa shape index (κ2) is 9.80. The number of alkyl halides is 3. The summed E-state index contributed by atoms with van der Waals surface area (Å²) in [6.07, 6.45) is -4.79. The minimum atomic E-state index is -4.56. The average molecular weight is 460 g/mol. The summed E-state index contributed by atoms with van der Waals surface area (Å²) >= 11 is 0. The number of esters is 1. The zero-order valence-electron chi connectivity index (χ0n) is 17.5. The molecule has 0 saturated heterocycles. The van der Waals surface area contributed by atoms with Crippen LogP contribution in [0.2, 0.25) is 0 Å². The van der Waals surface area contributed by atoms with Gasteiger partial charge in [-0.05, 0) is 29.8 Å². The van der Waals surface area contributed by atoms with Gasteiger partial charge in [0.1, 0.15) is 6.61 Å². The van der Waals surface area contributed by atoms with Crippen LogP contribution in [0.15, 0.2) is 59.5 Å². The highest BCUT2D eigenvalue weighted by atomic mass is 32.2. The Kier molecular flexibility index (Phi) is 7.85. The topological polar surface area (TPSA) is 72.5 Å². The first-order chi connectivity index (χ1) is 14.3. The van der Waals surface area contributed by atoms with E-state index < -0.39 is 33.8 Å². The van der Waals surface area contributed by atoms with Gasteiger partial charge in [-0.3, -0.25) is 4.79 Å². The lowest BCUT2D eigenvalue weighted by atomic mass is 10.2. The Bertz CT molecular complexity index is 970. The molecule has 6 nitrogen and oxygen atoms in total. The summed E-state index contributed by atoms with van der Waals surface area (Å²) in [6.45, 7) is 0.322. The molecule has 0 amide bonds. The van der Waals surface area contributed by atoms with Crippen molar-refractivity contribution in [2.75, 3.05) is 27.7 Å². The quantitative estimate of drug-likeness (QED) is 0.462. The van der Waals surface area contributed by atoms with Crippen LogP contribution in [-0.4, -0.2) is 52.6 Å². The van der Waals surface area contributed by atoms with E-state index in [1.54, 1.807) is 24.3 Å². The van der Waals surface area contributed by atoms with Gasteiger partial charge in [0.25, 0.3) is 0 Å². The van der Waals surface area contributed by atoms with Gasteiger partial charge in [-0.15, -0.1) is 0 Å². The van der Waals surface area contributed by atoms with Crippen LogP contribution in [0.25, 0.3) is 0 Å².